The fourth-order valence-electron chi connectivity index (χ4n) is 4.29. The van der Waals surface area contributed by atoms with Crippen molar-refractivity contribution in [2.75, 3.05) is 44.2 Å². The molecule has 1 aromatic carbocycles. The topological polar surface area (TPSA) is 60.9 Å². The zero-order valence-corrected chi connectivity index (χ0v) is 18.4. The van der Waals surface area contributed by atoms with Crippen LogP contribution >= 0.6 is 11.3 Å². The normalized spacial score (nSPS) is 17.7. The molecule has 2 saturated heterocycles. The number of Topliss-reactive ketones (excluding diaryl/α,β-unsaturated/α-hetero) is 1. The van der Waals surface area contributed by atoms with Crippen LogP contribution in [0.25, 0.3) is 0 Å². The van der Waals surface area contributed by atoms with Gasteiger partial charge in [-0.15, -0.1) is 11.3 Å². The molecule has 4 rings (SSSR count). The van der Waals surface area contributed by atoms with Gasteiger partial charge in [-0.3, -0.25) is 14.4 Å². The van der Waals surface area contributed by atoms with E-state index in [0.717, 1.165) is 4.88 Å². The average molecular weight is 444 g/mol. The highest BCUT2D eigenvalue weighted by Gasteiger charge is 2.32. The van der Waals surface area contributed by atoms with Gasteiger partial charge in [-0.25, -0.2) is 4.39 Å². The zero-order chi connectivity index (χ0) is 22.0. The summed E-state index contributed by atoms with van der Waals surface area (Å²) in [7, 11) is 0. The van der Waals surface area contributed by atoms with E-state index < -0.39 is 5.82 Å². The van der Waals surface area contributed by atoms with Crippen molar-refractivity contribution in [3.05, 3.63) is 52.0 Å². The minimum atomic E-state index is -0.407. The molecule has 0 aliphatic carbocycles. The molecule has 0 unspecified atom stereocenters. The van der Waals surface area contributed by atoms with Gasteiger partial charge in [-0.1, -0.05) is 6.07 Å². The lowest BCUT2D eigenvalue weighted by atomic mass is 9.94. The molecule has 2 amide bonds. The van der Waals surface area contributed by atoms with Crippen LogP contribution in [0, 0.1) is 11.7 Å². The predicted molar refractivity (Wildman–Crippen MR) is 118 cm³/mol. The third-order valence-corrected chi connectivity index (χ3v) is 7.01. The van der Waals surface area contributed by atoms with Gasteiger partial charge in [0.1, 0.15) is 5.82 Å². The van der Waals surface area contributed by atoms with Crippen molar-refractivity contribution < 1.29 is 18.8 Å². The molecule has 1 aromatic heterocycles. The van der Waals surface area contributed by atoms with Crippen LogP contribution in [0.1, 0.15) is 39.8 Å². The summed E-state index contributed by atoms with van der Waals surface area (Å²) in [4.78, 5) is 43.2. The highest BCUT2D eigenvalue weighted by Crippen LogP contribution is 2.25. The maximum absolute atomic E-state index is 14.4. The van der Waals surface area contributed by atoms with Gasteiger partial charge in [-0.2, -0.15) is 0 Å². The van der Waals surface area contributed by atoms with Gasteiger partial charge in [0.05, 0.1) is 10.6 Å². The monoisotopic (exact) mass is 443 g/mol. The molecule has 2 aromatic rings. The van der Waals surface area contributed by atoms with E-state index in [1.54, 1.807) is 12.1 Å². The first-order valence-corrected chi connectivity index (χ1v) is 11.5. The zero-order valence-electron chi connectivity index (χ0n) is 17.6. The van der Waals surface area contributed by atoms with E-state index in [1.165, 1.54) is 24.3 Å². The van der Waals surface area contributed by atoms with Gasteiger partial charge in [0.15, 0.2) is 5.78 Å². The summed E-state index contributed by atoms with van der Waals surface area (Å²) in [5.41, 5.74) is 0.830. The molecule has 0 N–H and O–H groups in total. The van der Waals surface area contributed by atoms with Gasteiger partial charge in [-0.05, 0) is 49.4 Å². The molecule has 2 fully saturated rings. The van der Waals surface area contributed by atoms with Crippen molar-refractivity contribution in [1.29, 1.82) is 0 Å². The van der Waals surface area contributed by atoms with Gasteiger partial charge in [0, 0.05) is 50.7 Å². The van der Waals surface area contributed by atoms with Crippen LogP contribution in [-0.2, 0) is 4.79 Å². The molecule has 2 aliphatic heterocycles. The number of thiophene rings is 1. The van der Waals surface area contributed by atoms with E-state index in [2.05, 4.69) is 0 Å². The fraction of sp³-hybridized carbons (Fsp3) is 0.435. The van der Waals surface area contributed by atoms with Crippen LogP contribution in [0.5, 0.6) is 0 Å². The largest absolute Gasteiger partial charge is 0.366 e. The molecule has 0 bridgehead atoms. The van der Waals surface area contributed by atoms with E-state index in [1.807, 2.05) is 32.2 Å². The van der Waals surface area contributed by atoms with Gasteiger partial charge in [0.25, 0.3) is 5.91 Å². The van der Waals surface area contributed by atoms with Crippen molar-refractivity contribution in [3.63, 3.8) is 0 Å². The Morgan fingerprint density at radius 3 is 2.26 bits per heavy atom. The lowest BCUT2D eigenvalue weighted by molar-refractivity contribution is -0.137. The molecule has 164 valence electrons. The number of carbonyl (C=O) groups is 3. The van der Waals surface area contributed by atoms with Crippen LogP contribution in [0.15, 0.2) is 35.7 Å². The smallest absolute Gasteiger partial charge is 0.263 e. The van der Waals surface area contributed by atoms with Crippen LogP contribution in [0.4, 0.5) is 10.1 Å². The van der Waals surface area contributed by atoms with E-state index in [4.69, 9.17) is 0 Å². The van der Waals surface area contributed by atoms with Crippen molar-refractivity contribution in [3.8, 4) is 0 Å². The lowest BCUT2D eigenvalue weighted by Gasteiger charge is -2.39. The Labute approximate surface area is 185 Å². The molecule has 2 aliphatic rings. The van der Waals surface area contributed by atoms with Gasteiger partial charge in [0.2, 0.25) is 5.91 Å². The van der Waals surface area contributed by atoms with E-state index >= 15 is 0 Å². The average Bonchev–Trinajstić information content (AvgIpc) is 3.33. The van der Waals surface area contributed by atoms with Gasteiger partial charge >= 0.3 is 0 Å². The Bertz CT molecular complexity index is 962. The Hall–Kier alpha value is -2.74. The second-order valence-electron chi connectivity index (χ2n) is 8.08. The highest BCUT2D eigenvalue weighted by atomic mass is 32.1. The fourth-order valence-corrected chi connectivity index (χ4v) is 4.98. The molecular weight excluding hydrogens is 417 g/mol. The van der Waals surface area contributed by atoms with Crippen molar-refractivity contribution in [1.82, 2.24) is 9.80 Å². The molecule has 31 heavy (non-hydrogen) atoms. The second-order valence-corrected chi connectivity index (χ2v) is 9.03. The second kappa shape index (κ2) is 9.18. The molecule has 0 saturated carbocycles. The summed E-state index contributed by atoms with van der Waals surface area (Å²) in [6.07, 6.45) is 1.36. The van der Waals surface area contributed by atoms with Crippen LogP contribution in [0.2, 0.25) is 0 Å². The molecule has 0 atom stereocenters. The number of piperidine rings is 1. The molecule has 0 spiro atoms. The summed E-state index contributed by atoms with van der Waals surface area (Å²) in [6.45, 7) is 4.81. The molecule has 6 nitrogen and oxygen atoms in total. The quantitative estimate of drug-likeness (QED) is 0.681. The highest BCUT2D eigenvalue weighted by molar-refractivity contribution is 7.12. The number of hydrogen-bond acceptors (Lipinski definition) is 5. The lowest BCUT2D eigenvalue weighted by Crippen LogP contribution is -2.52. The Morgan fingerprint density at radius 1 is 0.968 bits per heavy atom. The van der Waals surface area contributed by atoms with E-state index in [9.17, 15) is 18.8 Å². The number of anilines is 1. The van der Waals surface area contributed by atoms with Gasteiger partial charge < -0.3 is 14.7 Å². The minimum Gasteiger partial charge on any atom is -0.366 e. The van der Waals surface area contributed by atoms with Crippen molar-refractivity contribution in [2.45, 2.75) is 19.8 Å². The number of carbonyl (C=O) groups excluding carboxylic acids is 3. The Morgan fingerprint density at radius 2 is 1.68 bits per heavy atom. The number of amides is 2. The number of rotatable bonds is 4. The first kappa shape index (κ1) is 21.5. The first-order valence-electron chi connectivity index (χ1n) is 10.6. The maximum Gasteiger partial charge on any atom is 0.263 e. The molecule has 8 heteroatoms. The molecule has 3 heterocycles. The SMILES string of the molecule is CC(=O)c1ccc(N2CCN(C(=O)C3CCN(C(=O)c4cccs4)CC3)CC2)c(F)c1. The van der Waals surface area contributed by atoms with Crippen LogP contribution in [0.3, 0.4) is 0 Å². The predicted octanol–water partition coefficient (Wildman–Crippen LogP) is 3.29. The number of nitrogens with zero attached hydrogens (tertiary/aromatic N) is 3. The number of ketones is 1. The summed E-state index contributed by atoms with van der Waals surface area (Å²) in [5.74, 6) is -0.451. The third kappa shape index (κ3) is 4.63. The van der Waals surface area contributed by atoms with Crippen LogP contribution in [-0.4, -0.2) is 66.7 Å². The number of hydrogen-bond donors (Lipinski definition) is 0. The summed E-state index contributed by atoms with van der Waals surface area (Å²) in [6, 6.07) is 8.27. The molecular formula is C23H26FN3O3S. The minimum absolute atomic E-state index is 0.0485. The summed E-state index contributed by atoms with van der Waals surface area (Å²) in [5, 5.41) is 1.90. The van der Waals surface area contributed by atoms with Crippen LogP contribution < -0.4 is 4.90 Å². The Balaban J connectivity index is 1.29. The maximum atomic E-state index is 14.4. The first-order chi connectivity index (χ1) is 14.9. The van der Waals surface area contributed by atoms with E-state index in [0.29, 0.717) is 63.4 Å². The standard InChI is InChI=1S/C23H26FN3O3S/c1-16(28)18-4-5-20(19(24)15-18)25-10-12-27(13-11-25)22(29)17-6-8-26(9-7-17)23(30)21-3-2-14-31-21/h2-5,14-15,17H,6-13H2,1H3. The summed E-state index contributed by atoms with van der Waals surface area (Å²) < 4.78 is 14.4. The Kier molecular flexibility index (Phi) is 6.36. The van der Waals surface area contributed by atoms with Crippen molar-refractivity contribution >= 4 is 34.6 Å². The van der Waals surface area contributed by atoms with E-state index in [-0.39, 0.29) is 23.5 Å². The molecule has 0 radical (unpaired) electrons. The third-order valence-electron chi connectivity index (χ3n) is 6.15. The number of likely N-dealkylation sites (tertiary alicyclic amines) is 1. The van der Waals surface area contributed by atoms with Crippen molar-refractivity contribution in [2.24, 2.45) is 5.92 Å². The number of piperazine rings is 1. The summed E-state index contributed by atoms with van der Waals surface area (Å²) >= 11 is 1.44. The number of halogens is 1. The number of benzene rings is 1.